The zero-order valence-electron chi connectivity index (χ0n) is 13.8. The fourth-order valence-electron chi connectivity index (χ4n) is 3.02. The highest BCUT2D eigenvalue weighted by atomic mass is 16.6. The van der Waals surface area contributed by atoms with E-state index in [1.165, 1.54) is 11.1 Å². The molecule has 1 aromatic carbocycles. The van der Waals surface area contributed by atoms with Gasteiger partial charge >= 0.3 is 6.09 Å². The third-order valence-electron chi connectivity index (χ3n) is 4.06. The van der Waals surface area contributed by atoms with Crippen LogP contribution in [-0.4, -0.2) is 47.7 Å². The molecule has 22 heavy (non-hydrogen) atoms. The Kier molecular flexibility index (Phi) is 3.77. The summed E-state index contributed by atoms with van der Waals surface area (Å²) >= 11 is 0. The Bertz CT molecular complexity index is 574. The van der Waals surface area contributed by atoms with Crippen molar-refractivity contribution in [3.8, 4) is 0 Å². The monoisotopic (exact) mass is 303 g/mol. The number of nitrogens with zero attached hydrogens (tertiary/aromatic N) is 2. The summed E-state index contributed by atoms with van der Waals surface area (Å²) in [4.78, 5) is 16.3. The summed E-state index contributed by atoms with van der Waals surface area (Å²) in [6.45, 7) is 9.08. The van der Waals surface area contributed by atoms with Gasteiger partial charge in [0.1, 0.15) is 5.60 Å². The van der Waals surface area contributed by atoms with E-state index in [1.54, 1.807) is 4.90 Å². The maximum absolute atomic E-state index is 12.2. The minimum Gasteiger partial charge on any atom is -0.444 e. The van der Waals surface area contributed by atoms with Crippen molar-refractivity contribution in [3.05, 3.63) is 29.3 Å². The van der Waals surface area contributed by atoms with Gasteiger partial charge in [0.15, 0.2) is 0 Å². The lowest BCUT2D eigenvalue weighted by molar-refractivity contribution is 0.0242. The molecule has 0 radical (unpaired) electrons. The summed E-state index contributed by atoms with van der Waals surface area (Å²) < 4.78 is 5.48. The van der Waals surface area contributed by atoms with Crippen molar-refractivity contribution in [2.75, 3.05) is 25.5 Å². The molecule has 0 saturated carbocycles. The smallest absolute Gasteiger partial charge is 0.410 e. The number of carbonyl (C=O) groups is 1. The topological polar surface area (TPSA) is 44.8 Å². The number of likely N-dealkylation sites (tertiary alicyclic amines) is 1. The first-order chi connectivity index (χ1) is 10.3. The Balaban J connectivity index is 1.69. The largest absolute Gasteiger partial charge is 0.444 e. The average molecular weight is 303 g/mol. The number of nitrogens with one attached hydrogen (secondary N) is 1. The van der Waals surface area contributed by atoms with Crippen LogP contribution in [0.1, 0.15) is 31.9 Å². The molecule has 3 rings (SSSR count). The molecule has 1 N–H and O–H groups in total. The first-order valence-electron chi connectivity index (χ1n) is 7.85. The second-order valence-corrected chi connectivity index (χ2v) is 7.34. The van der Waals surface area contributed by atoms with E-state index < -0.39 is 5.60 Å². The van der Waals surface area contributed by atoms with E-state index >= 15 is 0 Å². The first-order valence-corrected chi connectivity index (χ1v) is 7.85. The number of carbonyl (C=O) groups excluding carboxylic acids is 1. The van der Waals surface area contributed by atoms with Gasteiger partial charge in [0.05, 0.1) is 12.6 Å². The van der Waals surface area contributed by atoms with Gasteiger partial charge in [-0.05, 0) is 45.0 Å². The quantitative estimate of drug-likeness (QED) is 0.912. The first kappa shape index (κ1) is 15.2. The van der Waals surface area contributed by atoms with E-state index in [1.807, 2.05) is 20.8 Å². The fraction of sp³-hybridized carbons (Fsp3) is 0.588. The maximum Gasteiger partial charge on any atom is 0.410 e. The number of hydrogen-bond donors (Lipinski definition) is 1. The molecule has 0 spiro atoms. The molecule has 0 bridgehead atoms. The van der Waals surface area contributed by atoms with Crippen LogP contribution >= 0.6 is 0 Å². The fourth-order valence-corrected chi connectivity index (χ4v) is 3.02. The molecule has 1 aromatic rings. The third-order valence-corrected chi connectivity index (χ3v) is 4.06. The average Bonchev–Trinajstić information content (AvgIpc) is 2.80. The van der Waals surface area contributed by atoms with Crippen LogP contribution in [0, 0.1) is 0 Å². The molecule has 120 valence electrons. The van der Waals surface area contributed by atoms with Gasteiger partial charge in [0, 0.05) is 25.3 Å². The number of fused-ring (bicyclic) bond motifs is 1. The van der Waals surface area contributed by atoms with E-state index in [-0.39, 0.29) is 6.09 Å². The molecule has 1 fully saturated rings. The Morgan fingerprint density at radius 2 is 2.00 bits per heavy atom. The van der Waals surface area contributed by atoms with Crippen molar-refractivity contribution >= 4 is 11.8 Å². The van der Waals surface area contributed by atoms with Gasteiger partial charge in [0.25, 0.3) is 0 Å². The van der Waals surface area contributed by atoms with Gasteiger partial charge in [-0.2, -0.15) is 0 Å². The Hall–Kier alpha value is -1.75. The molecule has 2 aliphatic heterocycles. The number of amides is 1. The summed E-state index contributed by atoms with van der Waals surface area (Å²) in [6.07, 6.45) is -0.238. The van der Waals surface area contributed by atoms with Gasteiger partial charge in [-0.1, -0.05) is 12.1 Å². The maximum atomic E-state index is 12.2. The van der Waals surface area contributed by atoms with Crippen molar-refractivity contribution in [2.24, 2.45) is 0 Å². The molecular formula is C17H25N3O2. The highest BCUT2D eigenvalue weighted by Gasteiger charge is 2.30. The van der Waals surface area contributed by atoms with Crippen LogP contribution in [0.4, 0.5) is 10.5 Å². The van der Waals surface area contributed by atoms with Crippen molar-refractivity contribution < 1.29 is 9.53 Å². The zero-order valence-corrected chi connectivity index (χ0v) is 13.8. The highest BCUT2D eigenvalue weighted by Crippen LogP contribution is 2.31. The van der Waals surface area contributed by atoms with Gasteiger partial charge in [-0.15, -0.1) is 0 Å². The van der Waals surface area contributed by atoms with E-state index in [9.17, 15) is 4.79 Å². The van der Waals surface area contributed by atoms with E-state index in [2.05, 4.69) is 35.5 Å². The van der Waals surface area contributed by atoms with Gasteiger partial charge < -0.3 is 15.0 Å². The highest BCUT2D eigenvalue weighted by molar-refractivity contribution is 5.71. The van der Waals surface area contributed by atoms with Crippen LogP contribution in [0.2, 0.25) is 0 Å². The summed E-state index contributed by atoms with van der Waals surface area (Å²) in [6, 6.07) is 6.77. The Morgan fingerprint density at radius 1 is 1.27 bits per heavy atom. The van der Waals surface area contributed by atoms with E-state index in [0.717, 1.165) is 18.8 Å². The molecule has 5 nitrogen and oxygen atoms in total. The van der Waals surface area contributed by atoms with Crippen LogP contribution < -0.4 is 5.32 Å². The molecule has 0 atom stereocenters. The van der Waals surface area contributed by atoms with Crippen LogP contribution in [0.5, 0.6) is 0 Å². The van der Waals surface area contributed by atoms with Gasteiger partial charge in [-0.25, -0.2) is 4.79 Å². The van der Waals surface area contributed by atoms with E-state index in [0.29, 0.717) is 19.1 Å². The second kappa shape index (κ2) is 5.47. The standard InChI is InChI=1S/C17H25N3O2/c1-17(2,3)22-16(21)20-8-12-6-5-7-15(14(12)11-20)18-13-9-19(4)10-13/h5-7,13,18H,8-11H2,1-4H3. The number of hydrogen-bond acceptors (Lipinski definition) is 4. The van der Waals surface area contributed by atoms with Crippen LogP contribution in [0.3, 0.4) is 0 Å². The lowest BCUT2D eigenvalue weighted by Gasteiger charge is -2.37. The predicted octanol–water partition coefficient (Wildman–Crippen LogP) is 2.66. The number of benzene rings is 1. The zero-order chi connectivity index (χ0) is 15.9. The predicted molar refractivity (Wildman–Crippen MR) is 86.8 cm³/mol. The van der Waals surface area contributed by atoms with Crippen LogP contribution in [0.25, 0.3) is 0 Å². The molecular weight excluding hydrogens is 278 g/mol. The molecule has 2 aliphatic rings. The molecule has 0 aliphatic carbocycles. The van der Waals surface area contributed by atoms with Gasteiger partial charge in [-0.3, -0.25) is 4.90 Å². The Morgan fingerprint density at radius 3 is 2.64 bits per heavy atom. The number of likely N-dealkylation sites (N-methyl/N-ethyl adjacent to an activating group) is 1. The van der Waals surface area contributed by atoms with Crippen LogP contribution in [0.15, 0.2) is 18.2 Å². The van der Waals surface area contributed by atoms with Crippen molar-refractivity contribution in [3.63, 3.8) is 0 Å². The molecule has 1 saturated heterocycles. The van der Waals surface area contributed by atoms with Crippen LogP contribution in [-0.2, 0) is 17.8 Å². The molecule has 0 unspecified atom stereocenters. The summed E-state index contributed by atoms with van der Waals surface area (Å²) in [5.74, 6) is 0. The van der Waals surface area contributed by atoms with Crippen molar-refractivity contribution in [1.82, 2.24) is 9.80 Å². The van der Waals surface area contributed by atoms with E-state index in [4.69, 9.17) is 4.74 Å². The second-order valence-electron chi connectivity index (χ2n) is 7.34. The number of ether oxygens (including phenoxy) is 1. The third kappa shape index (κ3) is 3.19. The minimum atomic E-state index is -0.455. The molecule has 1 amide bonds. The lowest BCUT2D eigenvalue weighted by Crippen LogP contribution is -2.52. The number of anilines is 1. The van der Waals surface area contributed by atoms with Gasteiger partial charge in [0.2, 0.25) is 0 Å². The van der Waals surface area contributed by atoms with Crippen molar-refractivity contribution in [2.45, 2.75) is 45.5 Å². The minimum absolute atomic E-state index is 0.238. The summed E-state index contributed by atoms with van der Waals surface area (Å²) in [5.41, 5.74) is 3.14. The normalized spacial score (nSPS) is 18.8. The molecule has 2 heterocycles. The molecule has 5 heteroatoms. The van der Waals surface area contributed by atoms with Crippen molar-refractivity contribution in [1.29, 1.82) is 0 Å². The SMILES string of the molecule is CN1CC(Nc2cccc3c2CN(C(=O)OC(C)(C)C)C3)C1. The summed E-state index contributed by atoms with van der Waals surface area (Å²) in [5, 5.41) is 3.60. The lowest BCUT2D eigenvalue weighted by atomic mass is 10.1. The molecule has 0 aromatic heterocycles. The number of rotatable bonds is 2. The summed E-state index contributed by atoms with van der Waals surface area (Å²) in [7, 11) is 2.12. The Labute approximate surface area is 132 Å².